The topological polar surface area (TPSA) is 53.9 Å². The van der Waals surface area contributed by atoms with Crippen molar-refractivity contribution in [2.24, 2.45) is 0 Å². The maximum atomic E-state index is 13.5. The minimum Gasteiger partial charge on any atom is -0.366 e. The maximum Gasteiger partial charge on any atom is 0.186 e. The van der Waals surface area contributed by atoms with Crippen LogP contribution in [0.25, 0.3) is 10.3 Å². The number of thiazole rings is 1. The third-order valence-electron chi connectivity index (χ3n) is 3.49. The molecule has 1 atom stereocenters. The van der Waals surface area contributed by atoms with E-state index < -0.39 is 50.5 Å². The lowest BCUT2D eigenvalue weighted by molar-refractivity contribution is 0.211. The van der Waals surface area contributed by atoms with Gasteiger partial charge >= 0.3 is 0 Å². The Morgan fingerprint density at radius 2 is 2.27 bits per heavy atom. The van der Waals surface area contributed by atoms with Gasteiger partial charge in [-0.25, -0.2) is 19.3 Å². The van der Waals surface area contributed by atoms with Crippen LogP contribution in [0.4, 0.5) is 10.2 Å². The zero-order valence-electron chi connectivity index (χ0n) is 21.0. The van der Waals surface area contributed by atoms with Crippen LogP contribution in [-0.2, 0) is 6.52 Å². The lowest BCUT2D eigenvalue weighted by atomic mass is 10.0. The van der Waals surface area contributed by atoms with Gasteiger partial charge in [0.15, 0.2) is 11.5 Å². The minimum atomic E-state index is -2.85. The van der Waals surface area contributed by atoms with E-state index in [4.69, 9.17) is 34.2 Å². The summed E-state index contributed by atoms with van der Waals surface area (Å²) in [7, 11) is 0. The lowest BCUT2D eigenvalue weighted by Gasteiger charge is -2.32. The average Bonchev–Trinajstić information content (AvgIpc) is 3.11. The first kappa shape index (κ1) is 10.7. The van der Waals surface area contributed by atoms with Crippen LogP contribution < -0.4 is 5.31 Å². The van der Waals surface area contributed by atoms with Crippen molar-refractivity contribution in [2.75, 3.05) is 18.4 Å². The van der Waals surface area contributed by atoms with Gasteiger partial charge < -0.3 is 5.31 Å². The standard InChI is InChI=1S/C17H16Cl2FN5S/c18-12-7-10(1-2-13(12)20)8-25-5-3-11(4-6-25)23-15-14-16(22-9-21-15)24-17(19)26-14/h1-2,7,9,11H,3-6,8H2,(H,21,22,23)/i3D2,4D2,8D,9D,11D/hD. The van der Waals surface area contributed by atoms with Gasteiger partial charge in [-0.1, -0.05) is 40.6 Å². The van der Waals surface area contributed by atoms with Crippen molar-refractivity contribution in [3.63, 3.8) is 0 Å². The Kier molecular flexibility index (Phi) is 3.13. The van der Waals surface area contributed by atoms with Gasteiger partial charge in [0.05, 0.1) is 6.39 Å². The zero-order chi connectivity index (χ0) is 25.2. The SMILES string of the molecule is [2H]c1nc(N([2H])C2([2H])C([2H])([2H])CN(C([2H])c3ccc(F)c(Cl)c3)CC2([2H])[2H])c2sc(Cl)nc2n1. The van der Waals surface area contributed by atoms with Crippen LogP contribution in [0, 0.1) is 5.82 Å². The van der Waals surface area contributed by atoms with E-state index >= 15 is 0 Å². The summed E-state index contributed by atoms with van der Waals surface area (Å²) < 4.78 is 81.7. The van der Waals surface area contributed by atoms with E-state index in [1.54, 1.807) is 0 Å². The summed E-state index contributed by atoms with van der Waals surface area (Å²) in [4.78, 5) is 12.7. The summed E-state index contributed by atoms with van der Waals surface area (Å²) in [6.45, 7) is -2.50. The number of fused-ring (bicyclic) bond motifs is 1. The molecule has 2 aromatic heterocycles. The molecule has 9 heteroatoms. The van der Waals surface area contributed by atoms with Crippen LogP contribution in [0.5, 0.6) is 0 Å². The normalized spacial score (nSPS) is 27.0. The van der Waals surface area contributed by atoms with Gasteiger partial charge in [-0.2, -0.15) is 0 Å². The molecule has 0 radical (unpaired) electrons. The monoisotopic (exact) mass is 419 g/mol. The highest BCUT2D eigenvalue weighted by atomic mass is 35.5. The van der Waals surface area contributed by atoms with Gasteiger partial charge in [0.1, 0.15) is 24.0 Å². The van der Waals surface area contributed by atoms with Crippen molar-refractivity contribution >= 4 is 50.7 Å². The van der Waals surface area contributed by atoms with Crippen LogP contribution in [0.2, 0.25) is 10.9 Å². The van der Waals surface area contributed by atoms with Gasteiger partial charge in [-0.05, 0) is 30.4 Å². The second kappa shape index (κ2) is 7.60. The van der Waals surface area contributed by atoms with E-state index in [-0.39, 0.29) is 31.2 Å². The molecule has 3 heterocycles. The van der Waals surface area contributed by atoms with Crippen LogP contribution in [0.1, 0.15) is 27.9 Å². The molecule has 0 aliphatic carbocycles. The van der Waals surface area contributed by atoms with Gasteiger partial charge in [0.2, 0.25) is 0 Å². The molecule has 1 N–H and O–H groups in total. The minimum absolute atomic E-state index is 0.0242. The Bertz CT molecular complexity index is 1250. The molecule has 1 aliphatic rings. The van der Waals surface area contributed by atoms with Gasteiger partial charge in [-0.15, -0.1) is 0 Å². The van der Waals surface area contributed by atoms with E-state index in [1.165, 1.54) is 12.1 Å². The summed E-state index contributed by atoms with van der Waals surface area (Å²) >= 11 is 12.6. The fourth-order valence-corrected chi connectivity index (χ4v) is 3.47. The van der Waals surface area contributed by atoms with Crippen LogP contribution in [0.3, 0.4) is 0 Å². The number of benzene rings is 1. The molecular weight excluding hydrogens is 396 g/mol. The van der Waals surface area contributed by atoms with E-state index in [2.05, 4.69) is 15.0 Å². The van der Waals surface area contributed by atoms with Crippen LogP contribution in [-0.4, -0.2) is 39.0 Å². The summed E-state index contributed by atoms with van der Waals surface area (Å²) in [5.41, 5.74) is 0.192. The third-order valence-corrected chi connectivity index (χ3v) is 4.92. The van der Waals surface area contributed by atoms with E-state index in [0.29, 0.717) is 5.31 Å². The van der Waals surface area contributed by atoms with Crippen LogP contribution in [0.15, 0.2) is 24.5 Å². The molecule has 1 unspecified atom stereocenters. The van der Waals surface area contributed by atoms with Crippen molar-refractivity contribution < 1.29 is 15.4 Å². The molecule has 1 aliphatic heterocycles. The predicted molar refractivity (Wildman–Crippen MR) is 104 cm³/mol. The molecule has 3 aromatic rings. The largest absolute Gasteiger partial charge is 0.366 e. The lowest BCUT2D eigenvalue weighted by Crippen LogP contribution is -2.38. The second-order valence-electron chi connectivity index (χ2n) is 5.29. The summed E-state index contributed by atoms with van der Waals surface area (Å²) in [5.74, 6) is -1.06. The molecule has 136 valence electrons. The van der Waals surface area contributed by atoms with Crippen molar-refractivity contribution in [2.45, 2.75) is 25.3 Å². The molecule has 5 nitrogen and oxygen atoms in total. The first-order valence-corrected chi connectivity index (χ1v) is 8.96. The van der Waals surface area contributed by atoms with Gasteiger partial charge in [0, 0.05) is 32.5 Å². The first-order valence-electron chi connectivity index (χ1n) is 11.4. The molecular formula is C17H16Cl2FN5S. The molecule has 26 heavy (non-hydrogen) atoms. The second-order valence-corrected chi connectivity index (χ2v) is 7.28. The quantitative estimate of drug-likeness (QED) is 0.668. The Balaban J connectivity index is 1.74. The number of halogens is 3. The van der Waals surface area contributed by atoms with Gasteiger partial charge in [-0.3, -0.25) is 4.90 Å². The third kappa shape index (κ3) is 3.91. The van der Waals surface area contributed by atoms with Crippen molar-refractivity contribution in [3.05, 3.63) is 45.4 Å². The Morgan fingerprint density at radius 1 is 1.46 bits per heavy atom. The summed E-state index contributed by atoms with van der Waals surface area (Å²) in [6.07, 6.45) is -5.98. The summed E-state index contributed by atoms with van der Waals surface area (Å²) in [6, 6.07) is 0.719. The fraction of sp³-hybridized carbons (Fsp3) is 0.353. The van der Waals surface area contributed by atoms with Crippen molar-refractivity contribution in [1.82, 2.24) is 19.9 Å². The van der Waals surface area contributed by atoms with Gasteiger partial charge in [0.25, 0.3) is 0 Å². The molecule has 0 spiro atoms. The van der Waals surface area contributed by atoms with E-state index in [9.17, 15) is 4.39 Å². The number of hydrogen-bond donors (Lipinski definition) is 1. The Morgan fingerprint density at radius 3 is 3.04 bits per heavy atom. The molecule has 0 saturated carbocycles. The molecule has 1 fully saturated rings. The molecule has 4 rings (SSSR count). The fourth-order valence-electron chi connectivity index (χ4n) is 2.31. The maximum absolute atomic E-state index is 13.5. The number of rotatable bonds is 4. The summed E-state index contributed by atoms with van der Waals surface area (Å²) in [5, 5.41) is 0.0707. The average molecular weight is 420 g/mol. The number of likely N-dealkylation sites (tertiary alicyclic amines) is 1. The molecule has 1 aromatic carbocycles. The predicted octanol–water partition coefficient (Wildman–Crippen LogP) is 4.61. The Labute approximate surface area is 175 Å². The van der Waals surface area contributed by atoms with Crippen molar-refractivity contribution in [3.8, 4) is 0 Å². The number of aromatic nitrogens is 3. The highest BCUT2D eigenvalue weighted by Crippen LogP contribution is 2.30. The van der Waals surface area contributed by atoms with Crippen LogP contribution >= 0.6 is 34.5 Å². The number of piperidine rings is 1. The highest BCUT2D eigenvalue weighted by molar-refractivity contribution is 7.22. The highest BCUT2D eigenvalue weighted by Gasteiger charge is 2.21. The smallest absolute Gasteiger partial charge is 0.186 e. The number of nitrogens with zero attached hydrogens (tertiary/aromatic N) is 4. The molecule has 0 bridgehead atoms. The number of nitrogens with one attached hydrogen (secondary N) is 1. The first-order chi connectivity index (χ1) is 15.7. The molecule has 0 amide bonds. The zero-order valence-corrected chi connectivity index (χ0v) is 15.3. The van der Waals surface area contributed by atoms with Crippen molar-refractivity contribution in [1.29, 1.82) is 0 Å². The number of anilines is 1. The number of hydrogen-bond acceptors (Lipinski definition) is 6. The Hall–Kier alpha value is -1.54. The molecule has 1 saturated heterocycles. The van der Waals surface area contributed by atoms with E-state index in [1.807, 2.05) is 0 Å². The van der Waals surface area contributed by atoms with E-state index in [0.717, 1.165) is 22.3 Å².